The zero-order valence-electron chi connectivity index (χ0n) is 10.6. The fourth-order valence-corrected chi connectivity index (χ4v) is 1.36. The average molecular weight is 280 g/mol. The van der Waals surface area contributed by atoms with E-state index in [1.54, 1.807) is 0 Å². The van der Waals surface area contributed by atoms with Gasteiger partial charge in [0.25, 0.3) is 0 Å². The second-order valence-electron chi connectivity index (χ2n) is 3.74. The van der Waals surface area contributed by atoms with Crippen LogP contribution < -0.4 is 15.4 Å². The van der Waals surface area contributed by atoms with Crippen molar-refractivity contribution in [3.63, 3.8) is 0 Å². The van der Waals surface area contributed by atoms with Gasteiger partial charge in [-0.3, -0.25) is 0 Å². The minimum absolute atomic E-state index is 0.133. The van der Waals surface area contributed by atoms with Crippen LogP contribution in [0.4, 0.5) is 14.9 Å². The zero-order chi connectivity index (χ0) is 15.1. The van der Waals surface area contributed by atoms with E-state index < -0.39 is 23.9 Å². The van der Waals surface area contributed by atoms with E-state index in [1.165, 1.54) is 19.2 Å². The number of amides is 2. The van der Waals surface area contributed by atoms with Gasteiger partial charge in [-0.1, -0.05) is 0 Å². The van der Waals surface area contributed by atoms with Crippen LogP contribution in [0, 0.1) is 18.2 Å². The Bertz CT molecular complexity index is 554. The van der Waals surface area contributed by atoms with Crippen LogP contribution in [0.1, 0.15) is 6.42 Å². The van der Waals surface area contributed by atoms with Crippen molar-refractivity contribution < 1.29 is 23.8 Å². The second-order valence-corrected chi connectivity index (χ2v) is 3.74. The summed E-state index contributed by atoms with van der Waals surface area (Å²) in [7, 11) is 1.39. The van der Waals surface area contributed by atoms with E-state index in [1.807, 2.05) is 0 Å². The lowest BCUT2D eigenvalue weighted by Gasteiger charge is -2.13. The summed E-state index contributed by atoms with van der Waals surface area (Å²) in [4.78, 5) is 22.4. The molecule has 0 fully saturated rings. The predicted molar refractivity (Wildman–Crippen MR) is 70.0 cm³/mol. The number of nitrogens with one attached hydrogen (secondary N) is 2. The molecule has 1 aromatic carbocycles. The van der Waals surface area contributed by atoms with Gasteiger partial charge in [0, 0.05) is 12.5 Å². The molecule has 0 aromatic heterocycles. The number of anilines is 1. The smallest absolute Gasteiger partial charge is 0.327 e. The Morgan fingerprint density at radius 3 is 2.80 bits per heavy atom. The summed E-state index contributed by atoms with van der Waals surface area (Å²) in [6, 6.07) is 1.65. The number of carboxylic acid groups (broad SMARTS) is 1. The highest BCUT2D eigenvalue weighted by Gasteiger charge is 2.19. The van der Waals surface area contributed by atoms with Crippen molar-refractivity contribution in [3.05, 3.63) is 24.0 Å². The van der Waals surface area contributed by atoms with Crippen LogP contribution in [0.15, 0.2) is 18.2 Å². The van der Waals surface area contributed by atoms with Crippen molar-refractivity contribution in [2.24, 2.45) is 0 Å². The molecule has 0 aliphatic heterocycles. The normalized spacial score (nSPS) is 11.1. The number of urea groups is 1. The average Bonchev–Trinajstić information content (AvgIpc) is 2.40. The molecule has 0 saturated carbocycles. The van der Waals surface area contributed by atoms with Crippen LogP contribution in [0.5, 0.6) is 5.75 Å². The monoisotopic (exact) mass is 280 g/mol. The van der Waals surface area contributed by atoms with E-state index in [-0.39, 0.29) is 12.1 Å². The van der Waals surface area contributed by atoms with Gasteiger partial charge in [-0.25, -0.2) is 14.0 Å². The summed E-state index contributed by atoms with van der Waals surface area (Å²) in [5, 5.41) is 13.1. The molecule has 0 heterocycles. The summed E-state index contributed by atoms with van der Waals surface area (Å²) >= 11 is 0. The van der Waals surface area contributed by atoms with Crippen molar-refractivity contribution in [2.75, 3.05) is 12.4 Å². The number of carbonyl (C=O) groups excluding carboxylic acids is 1. The molecule has 0 radical (unpaired) electrons. The minimum atomic E-state index is -1.27. The van der Waals surface area contributed by atoms with E-state index in [0.717, 1.165) is 6.07 Å². The molecule has 1 unspecified atom stereocenters. The first kappa shape index (κ1) is 15.3. The maximum atomic E-state index is 13.5. The molecule has 2 amide bonds. The fraction of sp³-hybridized carbons (Fsp3) is 0.231. The molecule has 3 N–H and O–H groups in total. The predicted octanol–water partition coefficient (Wildman–Crippen LogP) is 1.43. The number of terminal acetylenes is 1. The van der Waals surface area contributed by atoms with E-state index in [2.05, 4.69) is 16.6 Å². The summed E-state index contributed by atoms with van der Waals surface area (Å²) in [6.45, 7) is 0. The lowest BCUT2D eigenvalue weighted by molar-refractivity contribution is -0.139. The largest absolute Gasteiger partial charge is 0.497 e. The molecule has 20 heavy (non-hydrogen) atoms. The van der Waals surface area contributed by atoms with Crippen LogP contribution in [-0.4, -0.2) is 30.3 Å². The molecule has 1 aromatic rings. The third-order valence-corrected chi connectivity index (χ3v) is 2.35. The molecule has 0 aliphatic carbocycles. The van der Waals surface area contributed by atoms with E-state index in [4.69, 9.17) is 16.3 Å². The molecule has 1 rings (SSSR count). The van der Waals surface area contributed by atoms with E-state index >= 15 is 0 Å². The van der Waals surface area contributed by atoms with Crippen molar-refractivity contribution in [1.82, 2.24) is 5.32 Å². The van der Waals surface area contributed by atoms with Crippen LogP contribution in [0.3, 0.4) is 0 Å². The Kier molecular flexibility index (Phi) is 5.35. The molecule has 0 bridgehead atoms. The first-order valence-corrected chi connectivity index (χ1v) is 5.55. The number of carbonyl (C=O) groups is 2. The van der Waals surface area contributed by atoms with E-state index in [9.17, 15) is 14.0 Å². The Morgan fingerprint density at radius 2 is 2.25 bits per heavy atom. The number of aliphatic carboxylic acids is 1. The molecule has 106 valence electrons. The van der Waals surface area contributed by atoms with Crippen LogP contribution in [-0.2, 0) is 4.79 Å². The van der Waals surface area contributed by atoms with Crippen LogP contribution >= 0.6 is 0 Å². The number of hydrogen-bond donors (Lipinski definition) is 3. The molecule has 0 saturated heterocycles. The summed E-state index contributed by atoms with van der Waals surface area (Å²) in [6.07, 6.45) is 4.82. The maximum absolute atomic E-state index is 13.5. The Morgan fingerprint density at radius 1 is 1.55 bits per heavy atom. The number of rotatable bonds is 5. The summed E-state index contributed by atoms with van der Waals surface area (Å²) in [5.74, 6) is 0.528. The zero-order valence-corrected chi connectivity index (χ0v) is 10.6. The Labute approximate surface area is 114 Å². The van der Waals surface area contributed by atoms with Crippen LogP contribution in [0.25, 0.3) is 0 Å². The highest BCUT2D eigenvalue weighted by molar-refractivity contribution is 5.92. The lowest BCUT2D eigenvalue weighted by Crippen LogP contribution is -2.42. The SMILES string of the molecule is C#CCC(NC(=O)Nc1cc(OC)ccc1F)C(=O)O. The van der Waals surface area contributed by atoms with Gasteiger partial charge >= 0.3 is 12.0 Å². The minimum Gasteiger partial charge on any atom is -0.497 e. The quantitative estimate of drug-likeness (QED) is 0.712. The third-order valence-electron chi connectivity index (χ3n) is 2.35. The van der Waals surface area contributed by atoms with Crippen molar-refractivity contribution in [2.45, 2.75) is 12.5 Å². The molecule has 7 heteroatoms. The standard InChI is InChI=1S/C13H13FN2O4/c1-3-4-10(12(17)18)15-13(19)16-11-7-8(20-2)5-6-9(11)14/h1,5-7,10H,4H2,2H3,(H,17,18)(H2,15,16,19). The number of halogens is 1. The van der Waals surface area contributed by atoms with Crippen molar-refractivity contribution in [1.29, 1.82) is 0 Å². The first-order chi connectivity index (χ1) is 9.47. The van der Waals surface area contributed by atoms with Gasteiger partial charge in [0.1, 0.15) is 17.6 Å². The van der Waals surface area contributed by atoms with Gasteiger partial charge in [-0.05, 0) is 12.1 Å². The molecule has 1 atom stereocenters. The van der Waals surface area contributed by atoms with Crippen molar-refractivity contribution >= 4 is 17.7 Å². The molecule has 0 spiro atoms. The third kappa shape index (κ3) is 4.17. The first-order valence-electron chi connectivity index (χ1n) is 5.55. The number of benzene rings is 1. The van der Waals surface area contributed by atoms with Crippen molar-refractivity contribution in [3.8, 4) is 18.1 Å². The molecule has 0 aliphatic rings. The Hall–Kier alpha value is -2.75. The van der Waals surface area contributed by atoms with Gasteiger partial charge in [-0.15, -0.1) is 12.3 Å². The Balaban J connectivity index is 2.75. The van der Waals surface area contributed by atoms with Gasteiger partial charge in [-0.2, -0.15) is 0 Å². The topological polar surface area (TPSA) is 87.7 Å². The highest BCUT2D eigenvalue weighted by Crippen LogP contribution is 2.20. The molecule has 6 nitrogen and oxygen atoms in total. The number of carboxylic acids is 1. The molecular formula is C13H13FN2O4. The van der Waals surface area contributed by atoms with Crippen LogP contribution in [0.2, 0.25) is 0 Å². The van der Waals surface area contributed by atoms with Gasteiger partial charge < -0.3 is 20.5 Å². The number of methoxy groups -OCH3 is 1. The van der Waals surface area contributed by atoms with Gasteiger partial charge in [0.15, 0.2) is 0 Å². The summed E-state index contributed by atoms with van der Waals surface area (Å²) in [5.41, 5.74) is -0.133. The lowest BCUT2D eigenvalue weighted by atomic mass is 10.2. The van der Waals surface area contributed by atoms with Gasteiger partial charge in [0.05, 0.1) is 12.8 Å². The molecular weight excluding hydrogens is 267 g/mol. The van der Waals surface area contributed by atoms with Gasteiger partial charge in [0.2, 0.25) is 0 Å². The summed E-state index contributed by atoms with van der Waals surface area (Å²) < 4.78 is 18.4. The van der Waals surface area contributed by atoms with E-state index in [0.29, 0.717) is 5.75 Å². The highest BCUT2D eigenvalue weighted by atomic mass is 19.1. The number of ether oxygens (including phenoxy) is 1. The fourth-order valence-electron chi connectivity index (χ4n) is 1.36. The number of hydrogen-bond acceptors (Lipinski definition) is 3. The second kappa shape index (κ2) is 6.99. The maximum Gasteiger partial charge on any atom is 0.327 e.